The molecule has 0 N–H and O–H groups in total. The van der Waals surface area contributed by atoms with E-state index in [1.807, 2.05) is 84.9 Å². The molecule has 2 aromatic heterocycles. The maximum Gasteiger partial charge on any atom is 0.196 e. The van der Waals surface area contributed by atoms with E-state index >= 15 is 0 Å². The van der Waals surface area contributed by atoms with Gasteiger partial charge in [0.2, 0.25) is 0 Å². The summed E-state index contributed by atoms with van der Waals surface area (Å²) in [5.41, 5.74) is 11.3. The van der Waals surface area contributed by atoms with Crippen molar-refractivity contribution in [1.82, 2.24) is 19.5 Å². The second-order valence-electron chi connectivity index (χ2n) is 19.9. The van der Waals surface area contributed by atoms with Gasteiger partial charge in [-0.3, -0.25) is 0 Å². The molecule has 13 aromatic rings. The smallest absolute Gasteiger partial charge is 0.196 e. The molecular formula is C73H44N8Si. The number of hydrogen-bond donors (Lipinski definition) is 0. The normalized spacial score (nSPS) is 11.1. The molecule has 380 valence electrons. The van der Waals surface area contributed by atoms with E-state index in [1.165, 1.54) is 20.7 Å². The zero-order chi connectivity index (χ0) is 55.6. The summed E-state index contributed by atoms with van der Waals surface area (Å²) in [5, 5.41) is 27.3. The minimum atomic E-state index is -2.94. The van der Waals surface area contributed by atoms with Crippen molar-refractivity contribution in [3.8, 4) is 85.4 Å². The van der Waals surface area contributed by atoms with Gasteiger partial charge < -0.3 is 4.57 Å². The predicted octanol–water partition coefficient (Wildman–Crippen LogP) is 15.2. The van der Waals surface area contributed by atoms with Crippen LogP contribution >= 0.6 is 0 Å². The van der Waals surface area contributed by atoms with Crippen LogP contribution in [0.15, 0.2) is 267 Å². The Labute approximate surface area is 475 Å². The van der Waals surface area contributed by atoms with Crippen LogP contribution in [0.5, 0.6) is 0 Å². The molecule has 13 rings (SSSR count). The fourth-order valence-electron chi connectivity index (χ4n) is 11.5. The largest absolute Gasteiger partial charge is 0.308 e. The Morgan fingerprint density at radius 2 is 0.854 bits per heavy atom. The first-order chi connectivity index (χ1) is 40.4. The minimum Gasteiger partial charge on any atom is -0.308 e. The lowest BCUT2D eigenvalue weighted by Gasteiger charge is -2.34. The number of nitrogens with zero attached hydrogens (tertiary/aromatic N) is 8. The van der Waals surface area contributed by atoms with Crippen molar-refractivity contribution >= 4 is 62.0 Å². The van der Waals surface area contributed by atoms with Crippen LogP contribution in [0.3, 0.4) is 0 Å². The van der Waals surface area contributed by atoms with E-state index in [1.54, 1.807) is 24.3 Å². The van der Waals surface area contributed by atoms with Gasteiger partial charge in [-0.15, -0.1) is 0 Å². The maximum absolute atomic E-state index is 10.5. The number of nitriles is 2. The third kappa shape index (κ3) is 8.85. The van der Waals surface area contributed by atoms with Gasteiger partial charge >= 0.3 is 0 Å². The first-order valence-electron chi connectivity index (χ1n) is 26.7. The van der Waals surface area contributed by atoms with Crippen molar-refractivity contribution in [3.05, 3.63) is 301 Å². The van der Waals surface area contributed by atoms with E-state index in [9.17, 15) is 10.5 Å². The summed E-state index contributed by atoms with van der Waals surface area (Å²) < 4.78 is 2.24. The van der Waals surface area contributed by atoms with E-state index < -0.39 is 8.07 Å². The number of hydrogen-bond acceptors (Lipinski definition) is 5. The highest BCUT2D eigenvalue weighted by atomic mass is 28.3. The van der Waals surface area contributed by atoms with Crippen LogP contribution in [0.4, 0.5) is 11.4 Å². The number of fused-ring (bicyclic) bond motifs is 3. The Bertz CT molecular complexity index is 4500. The average Bonchev–Trinajstić information content (AvgIpc) is 2.91. The van der Waals surface area contributed by atoms with Gasteiger partial charge in [-0.05, 0) is 96.6 Å². The molecule has 0 amide bonds. The van der Waals surface area contributed by atoms with Gasteiger partial charge in [0.25, 0.3) is 0 Å². The number of rotatable bonds is 11. The van der Waals surface area contributed by atoms with Gasteiger partial charge in [0, 0.05) is 38.6 Å². The molecule has 8 nitrogen and oxygen atoms in total. The van der Waals surface area contributed by atoms with Crippen molar-refractivity contribution in [2.75, 3.05) is 0 Å². The molecule has 0 atom stereocenters. The van der Waals surface area contributed by atoms with Crippen LogP contribution < -0.4 is 20.7 Å². The molecule has 0 aliphatic carbocycles. The summed E-state index contributed by atoms with van der Waals surface area (Å²) in [5.74, 6) is 1.48. The lowest BCUT2D eigenvalue weighted by molar-refractivity contribution is 1.06. The molecule has 0 saturated carbocycles. The molecule has 0 unspecified atom stereocenters. The van der Waals surface area contributed by atoms with Crippen LogP contribution in [0, 0.1) is 35.8 Å². The van der Waals surface area contributed by atoms with Crippen molar-refractivity contribution in [2.24, 2.45) is 0 Å². The SMILES string of the molecule is [C-]#[N+]c1ccc(-c2ccc3c4ccc(-c5ccc(C#N)cc5[N+]#[C-])cc4n(-c4ccc(-c5cccc([Si](c6ccccc6)(c6ccccc6)c6ccccc6)c5)cc4-c4nc(-c5ccccc5)nc(-c5ccccc5)n4)c3c2)c(C#N)c1. The molecule has 0 bridgehead atoms. The quantitative estimate of drug-likeness (QED) is 0.0730. The molecule has 0 spiro atoms. The average molecular weight is 1060 g/mol. The Morgan fingerprint density at radius 1 is 0.366 bits per heavy atom. The Kier molecular flexibility index (Phi) is 13.0. The topological polar surface area (TPSA) is 99.9 Å². The predicted molar refractivity (Wildman–Crippen MR) is 332 cm³/mol. The van der Waals surface area contributed by atoms with Crippen LogP contribution in [-0.2, 0) is 0 Å². The van der Waals surface area contributed by atoms with Crippen molar-refractivity contribution in [2.45, 2.75) is 0 Å². The molecular weight excluding hydrogens is 1020 g/mol. The van der Waals surface area contributed by atoms with E-state index in [-0.39, 0.29) is 0 Å². The molecule has 2 heterocycles. The zero-order valence-corrected chi connectivity index (χ0v) is 45.0. The van der Waals surface area contributed by atoms with E-state index in [0.717, 1.165) is 66.4 Å². The fraction of sp³-hybridized carbons (Fsp3) is 0. The minimum absolute atomic E-state index is 0.369. The van der Waals surface area contributed by atoms with Gasteiger partial charge in [-0.1, -0.05) is 224 Å². The standard InChI is InChI=1S/C73H44N8Si/c1-76-57-35-39-62(56(42-57)48-75)54-32-37-64-65-38-33-55(63-36-31-49(47-74)41-67(63)77-2)46-70(65)81(69(64)45-54)68-40-34-53(44-66(68)73-79-71(50-19-8-3-9-20-50)78-72(80-73)51-21-10-4-11-22-51)52-23-18-30-61(43-52)82(58-24-12-5-13-25-58,59-26-14-6-15-27-59)60-28-16-7-17-29-60/h3-46H. The first-order valence-corrected chi connectivity index (χ1v) is 28.7. The van der Waals surface area contributed by atoms with Gasteiger partial charge in [0.1, 0.15) is 0 Å². The lowest BCUT2D eigenvalue weighted by atomic mass is 9.98. The van der Waals surface area contributed by atoms with Gasteiger partial charge in [-0.2, -0.15) is 10.5 Å². The molecule has 9 heteroatoms. The summed E-state index contributed by atoms with van der Waals surface area (Å²) in [4.78, 5) is 23.4. The Hall–Kier alpha value is -11.6. The van der Waals surface area contributed by atoms with Crippen LogP contribution in [-0.4, -0.2) is 27.6 Å². The van der Waals surface area contributed by atoms with Gasteiger partial charge in [0.05, 0.1) is 42.0 Å². The highest BCUT2D eigenvalue weighted by molar-refractivity contribution is 7.19. The molecule has 0 fully saturated rings. The summed E-state index contributed by atoms with van der Waals surface area (Å²) in [7, 11) is -2.94. The van der Waals surface area contributed by atoms with E-state index in [0.29, 0.717) is 51.1 Å². The third-order valence-electron chi connectivity index (χ3n) is 15.3. The van der Waals surface area contributed by atoms with Crippen molar-refractivity contribution in [1.29, 1.82) is 10.5 Å². The maximum atomic E-state index is 10.5. The van der Waals surface area contributed by atoms with Crippen LogP contribution in [0.25, 0.3) is 105 Å². The second kappa shape index (κ2) is 21.3. The molecule has 0 aliphatic heterocycles. The summed E-state index contributed by atoms with van der Waals surface area (Å²) in [6, 6.07) is 95.6. The molecule has 0 radical (unpaired) electrons. The highest BCUT2D eigenvalue weighted by Crippen LogP contribution is 2.43. The van der Waals surface area contributed by atoms with Crippen LogP contribution in [0.1, 0.15) is 11.1 Å². The monoisotopic (exact) mass is 1060 g/mol. The summed E-state index contributed by atoms with van der Waals surface area (Å²) in [6.07, 6.45) is 0. The molecule has 82 heavy (non-hydrogen) atoms. The zero-order valence-electron chi connectivity index (χ0n) is 44.0. The van der Waals surface area contributed by atoms with Crippen molar-refractivity contribution < 1.29 is 0 Å². The number of benzene rings is 11. The van der Waals surface area contributed by atoms with E-state index in [4.69, 9.17) is 28.1 Å². The van der Waals surface area contributed by atoms with Crippen molar-refractivity contribution in [3.63, 3.8) is 0 Å². The molecule has 11 aromatic carbocycles. The summed E-state index contributed by atoms with van der Waals surface area (Å²) >= 11 is 0. The Morgan fingerprint density at radius 3 is 1.39 bits per heavy atom. The number of aromatic nitrogens is 4. The first kappa shape index (κ1) is 49.9. The van der Waals surface area contributed by atoms with Crippen LogP contribution in [0.2, 0.25) is 0 Å². The summed E-state index contributed by atoms with van der Waals surface area (Å²) in [6.45, 7) is 15.9. The van der Waals surface area contributed by atoms with Gasteiger partial charge in [-0.25, -0.2) is 24.6 Å². The lowest BCUT2D eigenvalue weighted by Crippen LogP contribution is -2.74. The molecule has 0 saturated heterocycles. The fourth-order valence-corrected chi connectivity index (χ4v) is 16.3. The third-order valence-corrected chi connectivity index (χ3v) is 20.1. The Balaban J connectivity index is 1.12. The van der Waals surface area contributed by atoms with E-state index in [2.05, 4.69) is 184 Å². The molecule has 0 aliphatic rings. The second-order valence-corrected chi connectivity index (χ2v) is 23.7. The van der Waals surface area contributed by atoms with Gasteiger partial charge in [0.15, 0.2) is 36.9 Å². The highest BCUT2D eigenvalue weighted by Gasteiger charge is 2.41.